The van der Waals surface area contributed by atoms with Crippen LogP contribution in [0.5, 0.6) is 5.75 Å². The van der Waals surface area contributed by atoms with Crippen molar-refractivity contribution in [2.45, 2.75) is 33.6 Å². The van der Waals surface area contributed by atoms with Gasteiger partial charge in [-0.05, 0) is 70.0 Å². The fourth-order valence-electron chi connectivity index (χ4n) is 3.25. The van der Waals surface area contributed by atoms with Gasteiger partial charge in [0.15, 0.2) is 0 Å². The van der Waals surface area contributed by atoms with Gasteiger partial charge in [-0.3, -0.25) is 9.59 Å². The number of nitrogens with one attached hydrogen (secondary N) is 2. The molecule has 0 spiro atoms. The number of carbonyl (C=O) groups is 2. The minimum absolute atomic E-state index is 0.363. The summed E-state index contributed by atoms with van der Waals surface area (Å²) in [5.74, 6) is -0.175. The number of rotatable bonds is 7. The van der Waals surface area contributed by atoms with Gasteiger partial charge >= 0.3 is 0 Å². The van der Waals surface area contributed by atoms with Crippen molar-refractivity contribution in [3.8, 4) is 5.75 Å². The SMILES string of the molecule is CCOc1ccccc1NC(=O)C(C)(C)C(=O)Nc1ccc(N2CCCC2)cc1. The van der Waals surface area contributed by atoms with Crippen LogP contribution in [0, 0.1) is 5.41 Å². The molecular formula is C23H29N3O3. The summed E-state index contributed by atoms with van der Waals surface area (Å²) in [5.41, 5.74) is 1.13. The Balaban J connectivity index is 1.65. The molecule has 1 fully saturated rings. The summed E-state index contributed by atoms with van der Waals surface area (Å²) >= 11 is 0. The van der Waals surface area contributed by atoms with Crippen LogP contribution in [-0.4, -0.2) is 31.5 Å². The molecule has 2 amide bonds. The third kappa shape index (κ3) is 4.88. The summed E-state index contributed by atoms with van der Waals surface area (Å²) in [6.07, 6.45) is 2.43. The molecule has 0 aromatic heterocycles. The summed E-state index contributed by atoms with van der Waals surface area (Å²) in [5, 5.41) is 5.67. The molecule has 6 nitrogen and oxygen atoms in total. The predicted molar refractivity (Wildman–Crippen MR) is 117 cm³/mol. The van der Waals surface area contributed by atoms with Gasteiger partial charge in [0.1, 0.15) is 11.2 Å². The summed E-state index contributed by atoms with van der Waals surface area (Å²) in [6.45, 7) is 7.73. The van der Waals surface area contributed by atoms with E-state index in [4.69, 9.17) is 4.74 Å². The summed E-state index contributed by atoms with van der Waals surface area (Å²) < 4.78 is 5.54. The standard InChI is InChI=1S/C23H29N3O3/c1-4-29-20-10-6-5-9-19(20)25-22(28)23(2,3)21(27)24-17-11-13-18(14-12-17)26-15-7-8-16-26/h5-6,9-14H,4,7-8,15-16H2,1-3H3,(H,24,27)(H,25,28). The molecule has 0 saturated carbocycles. The molecule has 0 atom stereocenters. The van der Waals surface area contributed by atoms with Gasteiger partial charge in [0, 0.05) is 24.5 Å². The topological polar surface area (TPSA) is 70.7 Å². The third-order valence-electron chi connectivity index (χ3n) is 5.17. The second-order valence-corrected chi connectivity index (χ2v) is 7.70. The lowest BCUT2D eigenvalue weighted by molar-refractivity contribution is -0.135. The molecule has 0 unspecified atom stereocenters. The first kappa shape index (κ1) is 20.7. The van der Waals surface area contributed by atoms with Crippen LogP contribution in [0.15, 0.2) is 48.5 Å². The molecule has 29 heavy (non-hydrogen) atoms. The van der Waals surface area contributed by atoms with E-state index in [1.807, 2.05) is 43.3 Å². The Morgan fingerprint density at radius 1 is 0.966 bits per heavy atom. The van der Waals surface area contributed by atoms with Crippen LogP contribution in [0.3, 0.4) is 0 Å². The zero-order valence-electron chi connectivity index (χ0n) is 17.3. The minimum Gasteiger partial charge on any atom is -0.492 e. The van der Waals surface area contributed by atoms with E-state index in [-0.39, 0.29) is 5.91 Å². The van der Waals surface area contributed by atoms with Gasteiger partial charge in [-0.1, -0.05) is 12.1 Å². The van der Waals surface area contributed by atoms with Crippen molar-refractivity contribution in [2.75, 3.05) is 35.2 Å². The molecule has 0 aliphatic carbocycles. The van der Waals surface area contributed by atoms with Crippen LogP contribution in [0.25, 0.3) is 0 Å². The number of carbonyl (C=O) groups excluding carboxylic acids is 2. The quantitative estimate of drug-likeness (QED) is 0.686. The Morgan fingerprint density at radius 2 is 1.59 bits per heavy atom. The maximum atomic E-state index is 12.8. The highest BCUT2D eigenvalue weighted by molar-refractivity contribution is 6.14. The molecule has 1 aliphatic rings. The highest BCUT2D eigenvalue weighted by Crippen LogP contribution is 2.28. The lowest BCUT2D eigenvalue weighted by atomic mass is 9.90. The van der Waals surface area contributed by atoms with Gasteiger partial charge in [-0.15, -0.1) is 0 Å². The Bertz CT molecular complexity index is 856. The van der Waals surface area contributed by atoms with Crippen LogP contribution < -0.4 is 20.3 Å². The molecule has 0 radical (unpaired) electrons. The molecule has 1 aliphatic heterocycles. The molecule has 1 saturated heterocycles. The molecule has 2 aromatic carbocycles. The van der Waals surface area contributed by atoms with Crippen molar-refractivity contribution in [1.82, 2.24) is 0 Å². The van der Waals surface area contributed by atoms with Crippen LogP contribution in [0.4, 0.5) is 17.1 Å². The Morgan fingerprint density at radius 3 is 2.24 bits per heavy atom. The van der Waals surface area contributed by atoms with E-state index in [1.54, 1.807) is 26.0 Å². The maximum absolute atomic E-state index is 12.8. The zero-order valence-corrected chi connectivity index (χ0v) is 17.3. The molecule has 0 bridgehead atoms. The molecule has 3 rings (SSSR count). The Kier molecular flexibility index (Phi) is 6.42. The number of para-hydroxylation sites is 2. The largest absolute Gasteiger partial charge is 0.492 e. The summed E-state index contributed by atoms with van der Waals surface area (Å²) in [6, 6.07) is 15.0. The average molecular weight is 396 g/mol. The van der Waals surface area contributed by atoms with Crippen LogP contribution in [-0.2, 0) is 9.59 Å². The zero-order chi connectivity index (χ0) is 20.9. The molecular weight excluding hydrogens is 366 g/mol. The second kappa shape index (κ2) is 8.99. The predicted octanol–water partition coefficient (Wildman–Crippen LogP) is 4.29. The number of benzene rings is 2. The highest BCUT2D eigenvalue weighted by atomic mass is 16.5. The monoisotopic (exact) mass is 395 g/mol. The number of nitrogens with zero attached hydrogens (tertiary/aromatic N) is 1. The van der Waals surface area contributed by atoms with E-state index >= 15 is 0 Å². The van der Waals surface area contributed by atoms with Gasteiger partial charge < -0.3 is 20.3 Å². The lowest BCUT2D eigenvalue weighted by Crippen LogP contribution is -2.41. The lowest BCUT2D eigenvalue weighted by Gasteiger charge is -2.24. The van der Waals surface area contributed by atoms with Crippen molar-refractivity contribution in [3.63, 3.8) is 0 Å². The fourth-order valence-corrected chi connectivity index (χ4v) is 3.25. The average Bonchev–Trinajstić information content (AvgIpc) is 3.25. The smallest absolute Gasteiger partial charge is 0.239 e. The first-order valence-corrected chi connectivity index (χ1v) is 10.1. The van der Waals surface area contributed by atoms with Crippen LogP contribution >= 0.6 is 0 Å². The van der Waals surface area contributed by atoms with E-state index in [2.05, 4.69) is 15.5 Å². The van der Waals surface area contributed by atoms with E-state index in [1.165, 1.54) is 12.8 Å². The first-order valence-electron chi connectivity index (χ1n) is 10.1. The summed E-state index contributed by atoms with van der Waals surface area (Å²) in [7, 11) is 0. The number of hydrogen-bond acceptors (Lipinski definition) is 4. The van der Waals surface area contributed by atoms with Gasteiger partial charge in [-0.25, -0.2) is 0 Å². The first-order chi connectivity index (χ1) is 13.9. The normalized spacial score (nSPS) is 13.8. The van der Waals surface area contributed by atoms with Gasteiger partial charge in [-0.2, -0.15) is 0 Å². The number of ether oxygens (including phenoxy) is 1. The fraction of sp³-hybridized carbons (Fsp3) is 0.391. The van der Waals surface area contributed by atoms with Crippen molar-refractivity contribution >= 4 is 28.9 Å². The van der Waals surface area contributed by atoms with E-state index in [0.29, 0.717) is 23.7 Å². The molecule has 1 heterocycles. The van der Waals surface area contributed by atoms with Gasteiger partial charge in [0.05, 0.1) is 12.3 Å². The Labute approximate surface area is 172 Å². The molecule has 2 aromatic rings. The maximum Gasteiger partial charge on any atom is 0.239 e. The molecule has 6 heteroatoms. The van der Waals surface area contributed by atoms with E-state index in [9.17, 15) is 9.59 Å². The van der Waals surface area contributed by atoms with Gasteiger partial charge in [0.25, 0.3) is 0 Å². The van der Waals surface area contributed by atoms with Crippen LogP contribution in [0.1, 0.15) is 33.6 Å². The van der Waals surface area contributed by atoms with Crippen molar-refractivity contribution in [2.24, 2.45) is 5.41 Å². The molecule has 154 valence electrons. The number of amides is 2. The van der Waals surface area contributed by atoms with Crippen molar-refractivity contribution < 1.29 is 14.3 Å². The minimum atomic E-state index is -1.26. The molecule has 2 N–H and O–H groups in total. The number of hydrogen-bond donors (Lipinski definition) is 2. The van der Waals surface area contributed by atoms with Crippen molar-refractivity contribution in [1.29, 1.82) is 0 Å². The van der Waals surface area contributed by atoms with E-state index in [0.717, 1.165) is 18.8 Å². The number of anilines is 3. The third-order valence-corrected chi connectivity index (χ3v) is 5.17. The Hall–Kier alpha value is -3.02. The summed E-state index contributed by atoms with van der Waals surface area (Å²) in [4.78, 5) is 28.0. The second-order valence-electron chi connectivity index (χ2n) is 7.70. The van der Waals surface area contributed by atoms with Gasteiger partial charge in [0.2, 0.25) is 11.8 Å². The van der Waals surface area contributed by atoms with Crippen molar-refractivity contribution in [3.05, 3.63) is 48.5 Å². The highest BCUT2D eigenvalue weighted by Gasteiger charge is 2.36. The van der Waals surface area contributed by atoms with E-state index < -0.39 is 11.3 Å². The van der Waals surface area contributed by atoms with Crippen LogP contribution in [0.2, 0.25) is 0 Å².